The van der Waals surface area contributed by atoms with Crippen LogP contribution in [-0.4, -0.2) is 40.2 Å². The van der Waals surface area contributed by atoms with Crippen molar-refractivity contribution < 1.29 is 18.8 Å². The van der Waals surface area contributed by atoms with Gasteiger partial charge in [-0.2, -0.15) is 0 Å². The van der Waals surface area contributed by atoms with Crippen molar-refractivity contribution in [2.24, 2.45) is 0 Å². The first kappa shape index (κ1) is 17.8. The molecule has 1 saturated heterocycles. The molecule has 1 aliphatic carbocycles. The minimum Gasteiger partial charge on any atom is -0.444 e. The van der Waals surface area contributed by atoms with Gasteiger partial charge in [-0.05, 0) is 52.9 Å². The third kappa shape index (κ3) is 4.14. The average molecular weight is 349 g/mol. The molecule has 138 valence electrons. The number of ether oxygens (including phenoxy) is 1. The van der Waals surface area contributed by atoms with Crippen LogP contribution in [0.2, 0.25) is 0 Å². The van der Waals surface area contributed by atoms with Crippen molar-refractivity contribution in [3.8, 4) is 0 Å². The number of hydrogen-bond acceptors (Lipinski definition) is 5. The number of amides is 2. The quantitative estimate of drug-likeness (QED) is 0.903. The Hall–Kier alpha value is -2.05. The molecule has 0 radical (unpaired) electrons. The Bertz CT molecular complexity index is 658. The fourth-order valence-electron chi connectivity index (χ4n) is 3.01. The maximum absolute atomic E-state index is 12.7. The molecular weight excluding hydrogens is 322 g/mol. The van der Waals surface area contributed by atoms with Crippen LogP contribution in [0.5, 0.6) is 0 Å². The van der Waals surface area contributed by atoms with Crippen molar-refractivity contribution in [2.75, 3.05) is 11.9 Å². The van der Waals surface area contributed by atoms with Crippen molar-refractivity contribution >= 4 is 17.9 Å². The van der Waals surface area contributed by atoms with Gasteiger partial charge in [0.15, 0.2) is 0 Å². The Morgan fingerprint density at radius 3 is 2.72 bits per heavy atom. The zero-order chi connectivity index (χ0) is 18.2. The van der Waals surface area contributed by atoms with Crippen molar-refractivity contribution in [2.45, 2.75) is 76.9 Å². The van der Waals surface area contributed by atoms with Gasteiger partial charge in [-0.25, -0.2) is 4.79 Å². The summed E-state index contributed by atoms with van der Waals surface area (Å²) < 4.78 is 10.7. The van der Waals surface area contributed by atoms with Crippen LogP contribution in [0.25, 0.3) is 0 Å². The van der Waals surface area contributed by atoms with Crippen LogP contribution in [0.1, 0.15) is 65.5 Å². The number of aromatic nitrogens is 1. The van der Waals surface area contributed by atoms with Gasteiger partial charge < -0.3 is 9.26 Å². The van der Waals surface area contributed by atoms with Gasteiger partial charge >= 0.3 is 6.09 Å². The van der Waals surface area contributed by atoms with Gasteiger partial charge in [0.05, 0.1) is 5.69 Å². The number of piperidine rings is 1. The molecule has 1 saturated carbocycles. The fourth-order valence-corrected chi connectivity index (χ4v) is 3.01. The SMILES string of the molecule is CC(C)(C)OC(=O)N1CCCCC1C(=O)Nc1cc(C2(C)CC2)no1. The standard InChI is InChI=1S/C18H27N3O4/c1-17(2,3)24-16(23)21-10-6-5-7-12(21)15(22)19-14-11-13(20-25-14)18(4)8-9-18/h11-12H,5-10H2,1-4H3,(H,19,22). The first-order valence-electron chi connectivity index (χ1n) is 8.96. The first-order valence-corrected chi connectivity index (χ1v) is 8.96. The van der Waals surface area contributed by atoms with Gasteiger partial charge in [-0.3, -0.25) is 15.0 Å². The number of nitrogens with zero attached hydrogens (tertiary/aromatic N) is 2. The molecule has 0 spiro atoms. The molecule has 2 fully saturated rings. The minimum absolute atomic E-state index is 0.0832. The van der Waals surface area contributed by atoms with Crippen LogP contribution in [0.3, 0.4) is 0 Å². The van der Waals surface area contributed by atoms with Gasteiger partial charge in [-0.1, -0.05) is 12.1 Å². The molecule has 7 nitrogen and oxygen atoms in total. The van der Waals surface area contributed by atoms with E-state index in [0.29, 0.717) is 18.8 Å². The first-order chi connectivity index (χ1) is 11.7. The smallest absolute Gasteiger partial charge is 0.410 e. The molecule has 2 amide bonds. The topological polar surface area (TPSA) is 84.7 Å². The van der Waals surface area contributed by atoms with Crippen LogP contribution in [0, 0.1) is 0 Å². The molecule has 1 aliphatic heterocycles. The lowest BCUT2D eigenvalue weighted by Gasteiger charge is -2.35. The summed E-state index contributed by atoms with van der Waals surface area (Å²) in [4.78, 5) is 26.6. The Morgan fingerprint density at radius 1 is 1.36 bits per heavy atom. The lowest BCUT2D eigenvalue weighted by Crippen LogP contribution is -2.51. The molecule has 1 atom stereocenters. The molecule has 1 aromatic heterocycles. The molecule has 1 N–H and O–H groups in total. The number of nitrogens with one attached hydrogen (secondary N) is 1. The fraction of sp³-hybridized carbons (Fsp3) is 0.722. The zero-order valence-corrected chi connectivity index (χ0v) is 15.4. The summed E-state index contributed by atoms with van der Waals surface area (Å²) in [6.45, 7) is 8.10. The van der Waals surface area contributed by atoms with E-state index < -0.39 is 17.7 Å². The predicted octanol–water partition coefficient (Wildman–Crippen LogP) is 3.45. The highest BCUT2D eigenvalue weighted by atomic mass is 16.6. The number of likely N-dealkylation sites (tertiary alicyclic amines) is 1. The van der Waals surface area contributed by atoms with Crippen molar-refractivity contribution in [3.63, 3.8) is 0 Å². The van der Waals surface area contributed by atoms with Gasteiger partial charge in [-0.15, -0.1) is 0 Å². The second-order valence-corrected chi connectivity index (χ2v) is 8.31. The minimum atomic E-state index is -0.588. The summed E-state index contributed by atoms with van der Waals surface area (Å²) in [5, 5.41) is 6.82. The molecule has 1 aromatic rings. The molecule has 25 heavy (non-hydrogen) atoms. The van der Waals surface area contributed by atoms with Crippen molar-refractivity contribution in [3.05, 3.63) is 11.8 Å². The Balaban J connectivity index is 1.66. The van der Waals surface area contributed by atoms with Gasteiger partial charge in [0.25, 0.3) is 0 Å². The van der Waals surface area contributed by atoms with E-state index in [0.717, 1.165) is 31.4 Å². The average Bonchev–Trinajstić information content (AvgIpc) is 3.10. The summed E-state index contributed by atoms with van der Waals surface area (Å²) in [5.41, 5.74) is 0.366. The van der Waals surface area contributed by atoms with Crippen LogP contribution < -0.4 is 5.32 Å². The lowest BCUT2D eigenvalue weighted by atomic mass is 10.0. The highest BCUT2D eigenvalue weighted by Gasteiger charge is 2.42. The molecule has 0 aromatic carbocycles. The van der Waals surface area contributed by atoms with E-state index in [2.05, 4.69) is 17.4 Å². The van der Waals surface area contributed by atoms with E-state index in [-0.39, 0.29) is 11.3 Å². The number of carbonyl (C=O) groups is 2. The van der Waals surface area contributed by atoms with Crippen LogP contribution in [0.15, 0.2) is 10.6 Å². The molecule has 2 aliphatic rings. The Labute approximate surface area is 148 Å². The molecule has 7 heteroatoms. The summed E-state index contributed by atoms with van der Waals surface area (Å²) in [6.07, 6.45) is 4.11. The largest absolute Gasteiger partial charge is 0.444 e. The van der Waals surface area contributed by atoms with Crippen LogP contribution in [0.4, 0.5) is 10.7 Å². The molecule has 3 rings (SSSR count). The number of hydrogen-bond donors (Lipinski definition) is 1. The maximum Gasteiger partial charge on any atom is 0.410 e. The summed E-state index contributed by atoms with van der Waals surface area (Å²) in [7, 11) is 0. The molecule has 2 heterocycles. The lowest BCUT2D eigenvalue weighted by molar-refractivity contribution is -0.122. The van der Waals surface area contributed by atoms with Gasteiger partial charge in [0, 0.05) is 18.0 Å². The summed E-state index contributed by atoms with van der Waals surface area (Å²) >= 11 is 0. The molecule has 0 bridgehead atoms. The van der Waals surface area contributed by atoms with Gasteiger partial charge in [0.2, 0.25) is 11.8 Å². The van der Waals surface area contributed by atoms with E-state index in [9.17, 15) is 9.59 Å². The zero-order valence-electron chi connectivity index (χ0n) is 15.4. The molecular formula is C18H27N3O4. The van der Waals surface area contributed by atoms with E-state index >= 15 is 0 Å². The number of anilines is 1. The number of carbonyl (C=O) groups excluding carboxylic acids is 2. The third-order valence-electron chi connectivity index (χ3n) is 4.81. The number of rotatable bonds is 3. The molecule has 1 unspecified atom stereocenters. The second kappa shape index (κ2) is 6.35. The Kier molecular flexibility index (Phi) is 4.51. The van der Waals surface area contributed by atoms with E-state index in [1.165, 1.54) is 4.90 Å². The van der Waals surface area contributed by atoms with Crippen molar-refractivity contribution in [1.82, 2.24) is 10.1 Å². The maximum atomic E-state index is 12.7. The Morgan fingerprint density at radius 2 is 2.08 bits per heavy atom. The van der Waals surface area contributed by atoms with E-state index in [1.54, 1.807) is 6.07 Å². The summed E-state index contributed by atoms with van der Waals surface area (Å²) in [5.74, 6) is 0.0806. The highest BCUT2D eigenvalue weighted by molar-refractivity contribution is 5.95. The monoisotopic (exact) mass is 349 g/mol. The van der Waals surface area contributed by atoms with Crippen molar-refractivity contribution in [1.29, 1.82) is 0 Å². The van der Waals surface area contributed by atoms with E-state index in [1.807, 2.05) is 20.8 Å². The third-order valence-corrected chi connectivity index (χ3v) is 4.81. The van der Waals surface area contributed by atoms with Gasteiger partial charge in [0.1, 0.15) is 11.6 Å². The highest BCUT2D eigenvalue weighted by Crippen LogP contribution is 2.47. The second-order valence-electron chi connectivity index (χ2n) is 8.31. The van der Waals surface area contributed by atoms with Crippen LogP contribution in [-0.2, 0) is 14.9 Å². The van der Waals surface area contributed by atoms with Crippen LogP contribution >= 0.6 is 0 Å². The summed E-state index contributed by atoms with van der Waals surface area (Å²) in [6, 6.07) is 1.24. The van der Waals surface area contributed by atoms with E-state index in [4.69, 9.17) is 9.26 Å². The normalized spacial score (nSPS) is 22.4. The predicted molar refractivity (Wildman–Crippen MR) is 92.3 cm³/mol.